The van der Waals surface area contributed by atoms with Gasteiger partial charge in [0.15, 0.2) is 11.2 Å². The van der Waals surface area contributed by atoms with E-state index >= 15 is 0 Å². The summed E-state index contributed by atoms with van der Waals surface area (Å²) in [4.78, 5) is 22.8. The summed E-state index contributed by atoms with van der Waals surface area (Å²) in [5, 5.41) is 9.59. The van der Waals surface area contributed by atoms with Crippen molar-refractivity contribution in [2.45, 2.75) is 51.9 Å². The predicted octanol–water partition coefficient (Wildman–Crippen LogP) is 1.07. The van der Waals surface area contributed by atoms with Crippen LogP contribution in [0, 0.1) is 11.8 Å². The molecule has 0 radical (unpaired) electrons. The number of nitrogens with two attached hydrogens (primary N) is 1. The van der Waals surface area contributed by atoms with Gasteiger partial charge in [-0.25, -0.2) is 4.98 Å². The van der Waals surface area contributed by atoms with Crippen LogP contribution >= 0.6 is 0 Å². The Morgan fingerprint density at radius 3 is 2.92 bits per heavy atom. The van der Waals surface area contributed by atoms with Crippen molar-refractivity contribution in [1.29, 1.82) is 0 Å². The number of anilines is 1. The number of fused-ring (bicyclic) bond motifs is 1. The van der Waals surface area contributed by atoms with Crippen LogP contribution in [0.5, 0.6) is 0 Å². The molecule has 4 atom stereocenters. The molecule has 0 amide bonds. The number of imidazole rings is 1. The molecule has 8 nitrogen and oxygen atoms in total. The number of aromatic amines is 1. The maximum Gasteiger partial charge on any atom is 0.280 e. The van der Waals surface area contributed by atoms with E-state index in [2.05, 4.69) is 28.8 Å². The molecule has 1 saturated heterocycles. The number of nitrogens with zero attached hydrogens (tertiary/aromatic N) is 3. The Morgan fingerprint density at radius 1 is 1.54 bits per heavy atom. The third-order valence-corrected chi connectivity index (χ3v) is 4.99. The van der Waals surface area contributed by atoms with Crippen molar-refractivity contribution in [2.75, 3.05) is 12.3 Å². The lowest BCUT2D eigenvalue weighted by molar-refractivity contribution is -0.0464. The van der Waals surface area contributed by atoms with Crippen molar-refractivity contribution in [3.63, 3.8) is 0 Å². The van der Waals surface area contributed by atoms with Crippen molar-refractivity contribution in [1.82, 2.24) is 19.5 Å². The number of aliphatic hydroxyl groups is 1. The summed E-state index contributed by atoms with van der Waals surface area (Å²) in [7, 11) is 0. The molecule has 132 valence electrons. The molecule has 1 aliphatic heterocycles. The molecule has 8 heteroatoms. The standard InChI is InChI=1S/C16H25N5O3/c1-8(6-22)10-5-16(3,4)24-12(10)9(2)21-7-18-11-13(21)19-15(17)20-14(11)23/h7-10,12,22H,5-6H2,1-4H3,(H3,17,19,20,23). The fourth-order valence-electron chi connectivity index (χ4n) is 3.70. The fourth-order valence-corrected chi connectivity index (χ4v) is 3.70. The molecule has 0 aromatic carbocycles. The first-order valence-corrected chi connectivity index (χ1v) is 8.24. The Morgan fingerprint density at radius 2 is 2.25 bits per heavy atom. The molecular formula is C16H25N5O3. The largest absolute Gasteiger partial charge is 0.396 e. The maximum atomic E-state index is 12.0. The average Bonchev–Trinajstić information content (AvgIpc) is 3.06. The highest BCUT2D eigenvalue weighted by Crippen LogP contribution is 2.43. The highest BCUT2D eigenvalue weighted by Gasteiger charge is 2.45. The Labute approximate surface area is 140 Å². The maximum absolute atomic E-state index is 12.0. The molecule has 0 saturated carbocycles. The van der Waals surface area contributed by atoms with Gasteiger partial charge in [-0.1, -0.05) is 6.92 Å². The highest BCUT2D eigenvalue weighted by atomic mass is 16.5. The van der Waals surface area contributed by atoms with Crippen molar-refractivity contribution in [3.05, 3.63) is 16.7 Å². The number of H-pyrrole nitrogens is 1. The summed E-state index contributed by atoms with van der Waals surface area (Å²) in [6, 6.07) is -0.0931. The zero-order valence-corrected chi connectivity index (χ0v) is 14.5. The van der Waals surface area contributed by atoms with E-state index in [1.54, 1.807) is 6.33 Å². The molecule has 2 aromatic heterocycles. The van der Waals surface area contributed by atoms with Crippen LogP contribution in [0.4, 0.5) is 5.95 Å². The quantitative estimate of drug-likeness (QED) is 0.769. The van der Waals surface area contributed by atoms with Crippen molar-refractivity contribution < 1.29 is 9.84 Å². The van der Waals surface area contributed by atoms with Gasteiger partial charge in [0.1, 0.15) is 0 Å². The summed E-state index contributed by atoms with van der Waals surface area (Å²) >= 11 is 0. The zero-order valence-electron chi connectivity index (χ0n) is 14.5. The number of hydrogen-bond donors (Lipinski definition) is 3. The van der Waals surface area contributed by atoms with E-state index in [4.69, 9.17) is 10.5 Å². The van der Waals surface area contributed by atoms with Gasteiger partial charge in [0.2, 0.25) is 5.95 Å². The van der Waals surface area contributed by atoms with Crippen LogP contribution in [-0.4, -0.2) is 42.9 Å². The number of hydrogen-bond acceptors (Lipinski definition) is 6. The van der Waals surface area contributed by atoms with Crippen LogP contribution in [0.3, 0.4) is 0 Å². The smallest absolute Gasteiger partial charge is 0.280 e. The average molecular weight is 335 g/mol. The van der Waals surface area contributed by atoms with Crippen molar-refractivity contribution >= 4 is 17.1 Å². The Balaban J connectivity index is 2.02. The number of aliphatic hydroxyl groups excluding tert-OH is 1. The third-order valence-electron chi connectivity index (χ3n) is 4.99. The zero-order chi connectivity index (χ0) is 17.6. The SMILES string of the molecule is CC(CO)C1CC(C)(C)OC1C(C)n1cnc2c(=O)[nH]c(N)nc21. The van der Waals surface area contributed by atoms with Gasteiger partial charge in [0.05, 0.1) is 24.1 Å². The van der Waals surface area contributed by atoms with Gasteiger partial charge in [-0.3, -0.25) is 9.78 Å². The minimum Gasteiger partial charge on any atom is -0.396 e. The number of nitrogens with one attached hydrogen (secondary N) is 1. The molecule has 4 N–H and O–H groups in total. The molecule has 2 aromatic rings. The molecular weight excluding hydrogens is 310 g/mol. The lowest BCUT2D eigenvalue weighted by Gasteiger charge is -2.29. The number of nitrogen functional groups attached to an aromatic ring is 1. The first-order valence-electron chi connectivity index (χ1n) is 8.24. The number of ether oxygens (including phenoxy) is 1. The van der Waals surface area contributed by atoms with Gasteiger partial charge in [-0.05, 0) is 39.0 Å². The molecule has 3 rings (SSSR count). The van der Waals surface area contributed by atoms with Gasteiger partial charge in [-0.15, -0.1) is 0 Å². The monoisotopic (exact) mass is 335 g/mol. The predicted molar refractivity (Wildman–Crippen MR) is 90.6 cm³/mol. The summed E-state index contributed by atoms with van der Waals surface area (Å²) in [5.41, 5.74) is 5.78. The van der Waals surface area contributed by atoms with E-state index in [0.29, 0.717) is 5.65 Å². The first-order chi connectivity index (χ1) is 11.2. The van der Waals surface area contributed by atoms with E-state index in [1.807, 2.05) is 18.4 Å². The topological polar surface area (TPSA) is 119 Å². The Kier molecular flexibility index (Phi) is 4.13. The Bertz CT molecular complexity index is 797. The number of aromatic nitrogens is 4. The van der Waals surface area contributed by atoms with Crippen LogP contribution in [0.2, 0.25) is 0 Å². The van der Waals surface area contributed by atoms with Crippen LogP contribution in [0.1, 0.15) is 40.2 Å². The van der Waals surface area contributed by atoms with E-state index < -0.39 is 0 Å². The van der Waals surface area contributed by atoms with Gasteiger partial charge < -0.3 is 20.1 Å². The molecule has 0 aliphatic carbocycles. The van der Waals surface area contributed by atoms with E-state index in [1.165, 1.54) is 0 Å². The van der Waals surface area contributed by atoms with Gasteiger partial charge in [-0.2, -0.15) is 4.98 Å². The molecule has 3 heterocycles. The second kappa shape index (κ2) is 5.86. The second-order valence-electron chi connectivity index (χ2n) is 7.39. The summed E-state index contributed by atoms with van der Waals surface area (Å²) in [5.74, 6) is 0.390. The fraction of sp³-hybridized carbons (Fsp3) is 0.688. The molecule has 0 spiro atoms. The van der Waals surface area contributed by atoms with Crippen LogP contribution < -0.4 is 11.3 Å². The van der Waals surface area contributed by atoms with Crippen molar-refractivity contribution in [3.8, 4) is 0 Å². The molecule has 1 aliphatic rings. The van der Waals surface area contributed by atoms with Crippen LogP contribution in [0.25, 0.3) is 11.2 Å². The van der Waals surface area contributed by atoms with Crippen LogP contribution in [0.15, 0.2) is 11.1 Å². The van der Waals surface area contributed by atoms with Gasteiger partial charge in [0.25, 0.3) is 5.56 Å². The third kappa shape index (κ3) is 2.80. The first kappa shape index (κ1) is 16.9. The molecule has 24 heavy (non-hydrogen) atoms. The van der Waals surface area contributed by atoms with Gasteiger partial charge in [0, 0.05) is 6.61 Å². The summed E-state index contributed by atoms with van der Waals surface area (Å²) < 4.78 is 8.11. The van der Waals surface area contributed by atoms with E-state index in [0.717, 1.165) is 6.42 Å². The molecule has 4 unspecified atom stereocenters. The lowest BCUT2D eigenvalue weighted by Crippen LogP contribution is -2.32. The van der Waals surface area contributed by atoms with Crippen LogP contribution in [-0.2, 0) is 4.74 Å². The second-order valence-corrected chi connectivity index (χ2v) is 7.39. The Hall–Kier alpha value is -1.93. The highest BCUT2D eigenvalue weighted by molar-refractivity contribution is 5.70. The summed E-state index contributed by atoms with van der Waals surface area (Å²) in [6.07, 6.45) is 2.36. The number of rotatable bonds is 4. The summed E-state index contributed by atoms with van der Waals surface area (Å²) in [6.45, 7) is 8.28. The minimum atomic E-state index is -0.351. The molecule has 1 fully saturated rings. The van der Waals surface area contributed by atoms with Crippen molar-refractivity contribution in [2.24, 2.45) is 11.8 Å². The minimum absolute atomic E-state index is 0.0643. The van der Waals surface area contributed by atoms with E-state index in [-0.39, 0.29) is 53.2 Å². The van der Waals surface area contributed by atoms with Gasteiger partial charge >= 0.3 is 0 Å². The van der Waals surface area contributed by atoms with E-state index in [9.17, 15) is 9.90 Å². The lowest BCUT2D eigenvalue weighted by atomic mass is 9.82. The normalized spacial score (nSPS) is 25.9. The molecule has 0 bridgehead atoms.